The van der Waals surface area contributed by atoms with Gasteiger partial charge < -0.3 is 19.7 Å². The van der Waals surface area contributed by atoms with Crippen molar-refractivity contribution >= 4 is 23.5 Å². The summed E-state index contributed by atoms with van der Waals surface area (Å²) in [5.41, 5.74) is 0.610. The van der Waals surface area contributed by atoms with E-state index in [1.54, 1.807) is 31.4 Å². The Hall–Kier alpha value is -2.57. The highest BCUT2D eigenvalue weighted by atomic mass is 16.5. The third kappa shape index (κ3) is 4.74. The Labute approximate surface area is 152 Å². The van der Waals surface area contributed by atoms with Crippen molar-refractivity contribution in [3.8, 4) is 5.75 Å². The van der Waals surface area contributed by atoms with E-state index in [0.717, 1.165) is 12.8 Å². The van der Waals surface area contributed by atoms with E-state index < -0.39 is 0 Å². The second-order valence-electron chi connectivity index (χ2n) is 6.76. The van der Waals surface area contributed by atoms with Gasteiger partial charge in [0.25, 0.3) is 5.91 Å². The van der Waals surface area contributed by atoms with Crippen LogP contribution in [0.2, 0.25) is 0 Å². The van der Waals surface area contributed by atoms with Crippen LogP contribution >= 0.6 is 0 Å². The first-order valence-corrected chi connectivity index (χ1v) is 8.96. The summed E-state index contributed by atoms with van der Waals surface area (Å²) in [6.07, 6.45) is 3.17. The number of ether oxygens (including phenoxy) is 2. The quantitative estimate of drug-likeness (QED) is 0.783. The van der Waals surface area contributed by atoms with Gasteiger partial charge in [0, 0.05) is 24.7 Å². The molecule has 0 spiro atoms. The highest BCUT2D eigenvalue weighted by Crippen LogP contribution is 2.32. The highest BCUT2D eigenvalue weighted by Gasteiger charge is 2.36. The zero-order valence-corrected chi connectivity index (χ0v) is 14.9. The molecule has 140 valence electrons. The number of rotatable bonds is 6. The van der Waals surface area contributed by atoms with Crippen LogP contribution in [-0.4, -0.2) is 49.5 Å². The average Bonchev–Trinajstić information content (AvgIpc) is 3.51. The van der Waals surface area contributed by atoms with Crippen molar-refractivity contribution in [3.05, 3.63) is 24.3 Å². The van der Waals surface area contributed by atoms with E-state index in [9.17, 15) is 14.4 Å². The summed E-state index contributed by atoms with van der Waals surface area (Å²) in [6, 6.07) is 6.90. The maximum absolute atomic E-state index is 12.1. The summed E-state index contributed by atoms with van der Waals surface area (Å²) in [7, 11) is 1.57. The van der Waals surface area contributed by atoms with E-state index in [2.05, 4.69) is 5.32 Å². The van der Waals surface area contributed by atoms with Gasteiger partial charge in [0.05, 0.1) is 13.0 Å². The molecule has 7 nitrogen and oxygen atoms in total. The Bertz CT molecular complexity index is 661. The summed E-state index contributed by atoms with van der Waals surface area (Å²) in [5, 5.41) is 2.67. The molecule has 1 aromatic rings. The van der Waals surface area contributed by atoms with Gasteiger partial charge in [-0.25, -0.2) is 0 Å². The smallest absolute Gasteiger partial charge is 0.309 e. The van der Waals surface area contributed by atoms with Crippen LogP contribution < -0.4 is 10.1 Å². The van der Waals surface area contributed by atoms with Crippen LogP contribution in [0.1, 0.15) is 25.7 Å². The molecule has 1 heterocycles. The Morgan fingerprint density at radius 2 is 1.69 bits per heavy atom. The minimum absolute atomic E-state index is 0.208. The van der Waals surface area contributed by atoms with E-state index in [1.807, 2.05) is 4.90 Å². The fourth-order valence-electron chi connectivity index (χ4n) is 3.05. The first kappa shape index (κ1) is 18.2. The minimum atomic E-state index is -0.384. The van der Waals surface area contributed by atoms with Crippen molar-refractivity contribution in [1.29, 1.82) is 0 Å². The largest absolute Gasteiger partial charge is 0.497 e. The van der Waals surface area contributed by atoms with Gasteiger partial charge in [-0.1, -0.05) is 0 Å². The number of amides is 2. The SMILES string of the molecule is COc1ccc(NC(=O)COC(=O)C2CCN(C(=O)C3CC3)CC2)cc1. The van der Waals surface area contributed by atoms with Crippen molar-refractivity contribution in [3.63, 3.8) is 0 Å². The number of nitrogens with one attached hydrogen (secondary N) is 1. The first-order valence-electron chi connectivity index (χ1n) is 8.96. The van der Waals surface area contributed by atoms with Crippen molar-refractivity contribution in [2.24, 2.45) is 11.8 Å². The van der Waals surface area contributed by atoms with Gasteiger partial charge in [0.15, 0.2) is 6.61 Å². The van der Waals surface area contributed by atoms with Crippen molar-refractivity contribution < 1.29 is 23.9 Å². The average molecular weight is 360 g/mol. The number of esters is 1. The first-order chi connectivity index (χ1) is 12.6. The molecule has 0 radical (unpaired) electrons. The molecule has 2 amide bonds. The Morgan fingerprint density at radius 1 is 1.04 bits per heavy atom. The predicted octanol–water partition coefficient (Wildman–Crippen LogP) is 1.83. The summed E-state index contributed by atoms with van der Waals surface area (Å²) in [5.74, 6) is 0.127. The van der Waals surface area contributed by atoms with Crippen LogP contribution in [0.25, 0.3) is 0 Å². The number of carbonyl (C=O) groups excluding carboxylic acids is 3. The number of hydrogen-bond donors (Lipinski definition) is 1. The molecule has 0 aromatic heterocycles. The normalized spacial score (nSPS) is 17.5. The van der Waals surface area contributed by atoms with Crippen molar-refractivity contribution in [2.75, 3.05) is 32.1 Å². The lowest BCUT2D eigenvalue weighted by atomic mass is 9.97. The fourth-order valence-corrected chi connectivity index (χ4v) is 3.05. The van der Waals surface area contributed by atoms with Gasteiger partial charge in [-0.05, 0) is 49.9 Å². The molecule has 0 unspecified atom stereocenters. The van der Waals surface area contributed by atoms with Crippen molar-refractivity contribution in [1.82, 2.24) is 4.90 Å². The van der Waals surface area contributed by atoms with Crippen LogP contribution in [0.4, 0.5) is 5.69 Å². The van der Waals surface area contributed by atoms with Gasteiger partial charge in [-0.2, -0.15) is 0 Å². The molecule has 0 atom stereocenters. The van der Waals surface area contributed by atoms with Gasteiger partial charge in [-0.3, -0.25) is 14.4 Å². The molecule has 1 saturated heterocycles. The van der Waals surface area contributed by atoms with E-state index in [-0.39, 0.29) is 36.2 Å². The minimum Gasteiger partial charge on any atom is -0.497 e. The van der Waals surface area contributed by atoms with Crippen molar-refractivity contribution in [2.45, 2.75) is 25.7 Å². The number of piperidine rings is 1. The van der Waals surface area contributed by atoms with Crippen LogP contribution in [-0.2, 0) is 19.1 Å². The molecule has 1 aliphatic carbocycles. The van der Waals surface area contributed by atoms with E-state index in [4.69, 9.17) is 9.47 Å². The van der Waals surface area contributed by atoms with Crippen LogP contribution in [0.15, 0.2) is 24.3 Å². The van der Waals surface area contributed by atoms with Crippen LogP contribution in [0.3, 0.4) is 0 Å². The molecular weight excluding hydrogens is 336 g/mol. The standard InChI is InChI=1S/C19H24N2O5/c1-25-16-6-4-15(5-7-16)20-17(22)12-26-19(24)14-8-10-21(11-9-14)18(23)13-2-3-13/h4-7,13-14H,2-3,8-12H2,1H3,(H,20,22). The fraction of sp³-hybridized carbons (Fsp3) is 0.526. The van der Waals surface area contributed by atoms with E-state index in [0.29, 0.717) is 37.4 Å². The molecule has 1 saturated carbocycles. The van der Waals surface area contributed by atoms with Gasteiger partial charge in [0.2, 0.25) is 5.91 Å². The Kier molecular flexibility index (Phi) is 5.75. The van der Waals surface area contributed by atoms with E-state index in [1.165, 1.54) is 0 Å². The number of anilines is 1. The maximum atomic E-state index is 12.1. The molecular formula is C19H24N2O5. The van der Waals surface area contributed by atoms with Crippen LogP contribution in [0.5, 0.6) is 5.75 Å². The number of benzene rings is 1. The Balaban J connectivity index is 1.38. The zero-order chi connectivity index (χ0) is 18.5. The predicted molar refractivity (Wildman–Crippen MR) is 94.6 cm³/mol. The molecule has 1 aromatic carbocycles. The number of nitrogens with zero attached hydrogens (tertiary/aromatic N) is 1. The molecule has 3 rings (SSSR count). The number of hydrogen-bond acceptors (Lipinski definition) is 5. The lowest BCUT2D eigenvalue weighted by Gasteiger charge is -2.31. The Morgan fingerprint density at radius 3 is 2.27 bits per heavy atom. The lowest BCUT2D eigenvalue weighted by Crippen LogP contribution is -2.41. The molecule has 2 fully saturated rings. The topological polar surface area (TPSA) is 84.9 Å². The molecule has 7 heteroatoms. The summed E-state index contributed by atoms with van der Waals surface area (Å²) < 4.78 is 10.2. The van der Waals surface area contributed by atoms with Gasteiger partial charge in [0.1, 0.15) is 5.75 Å². The van der Waals surface area contributed by atoms with Crippen LogP contribution in [0, 0.1) is 11.8 Å². The third-order valence-electron chi connectivity index (χ3n) is 4.79. The summed E-state index contributed by atoms with van der Waals surface area (Å²) in [4.78, 5) is 37.9. The third-order valence-corrected chi connectivity index (χ3v) is 4.79. The monoisotopic (exact) mass is 360 g/mol. The summed E-state index contributed by atoms with van der Waals surface area (Å²) in [6.45, 7) is 0.867. The second kappa shape index (κ2) is 8.21. The zero-order valence-electron chi connectivity index (χ0n) is 14.9. The van der Waals surface area contributed by atoms with E-state index >= 15 is 0 Å². The molecule has 26 heavy (non-hydrogen) atoms. The molecule has 1 aliphatic heterocycles. The van der Waals surface area contributed by atoms with Gasteiger partial charge >= 0.3 is 5.97 Å². The maximum Gasteiger partial charge on any atom is 0.309 e. The highest BCUT2D eigenvalue weighted by molar-refractivity contribution is 5.93. The number of carbonyl (C=O) groups is 3. The molecule has 2 aliphatic rings. The lowest BCUT2D eigenvalue weighted by molar-refractivity contribution is -0.154. The number of methoxy groups -OCH3 is 1. The number of likely N-dealkylation sites (tertiary alicyclic amines) is 1. The molecule has 0 bridgehead atoms. The van der Waals surface area contributed by atoms with Gasteiger partial charge in [-0.15, -0.1) is 0 Å². The second-order valence-corrected chi connectivity index (χ2v) is 6.76. The summed E-state index contributed by atoms with van der Waals surface area (Å²) >= 11 is 0. The molecule has 1 N–H and O–H groups in total.